The van der Waals surface area contributed by atoms with Crippen LogP contribution in [0.25, 0.3) is 6.08 Å². The molecule has 3 N–H and O–H groups in total. The van der Waals surface area contributed by atoms with E-state index in [1.807, 2.05) is 24.3 Å². The van der Waals surface area contributed by atoms with Crippen molar-refractivity contribution in [3.63, 3.8) is 0 Å². The standard InChI is InChI=1S/C12H15FN2O/c13-8-9-16-11-6-4-10(5-7-11)2-1-3-12(14)15/h1-2,4-7H,3,8-9H2,(H3,14,15)/b2-1+. The summed E-state index contributed by atoms with van der Waals surface area (Å²) in [7, 11) is 0. The molecule has 3 nitrogen and oxygen atoms in total. The molecule has 0 saturated heterocycles. The number of halogens is 1. The van der Waals surface area contributed by atoms with Crippen molar-refractivity contribution < 1.29 is 9.13 Å². The number of hydrogen-bond acceptors (Lipinski definition) is 2. The quantitative estimate of drug-likeness (QED) is 0.573. The molecule has 0 radical (unpaired) electrons. The smallest absolute Gasteiger partial charge is 0.123 e. The Morgan fingerprint density at radius 1 is 1.38 bits per heavy atom. The van der Waals surface area contributed by atoms with Crippen LogP contribution in [-0.4, -0.2) is 19.1 Å². The van der Waals surface area contributed by atoms with Gasteiger partial charge in [-0.05, 0) is 17.7 Å². The van der Waals surface area contributed by atoms with Gasteiger partial charge < -0.3 is 10.5 Å². The van der Waals surface area contributed by atoms with Crippen molar-refractivity contribution in [1.29, 1.82) is 5.41 Å². The second-order valence-corrected chi connectivity index (χ2v) is 3.24. The van der Waals surface area contributed by atoms with E-state index in [9.17, 15) is 4.39 Å². The van der Waals surface area contributed by atoms with Gasteiger partial charge in [-0.25, -0.2) is 4.39 Å². The first-order chi connectivity index (χ1) is 7.72. The summed E-state index contributed by atoms with van der Waals surface area (Å²) in [4.78, 5) is 0. The molecule has 0 aliphatic carbocycles. The normalized spacial score (nSPS) is 10.6. The minimum Gasteiger partial charge on any atom is -0.491 e. The predicted molar refractivity (Wildman–Crippen MR) is 63.5 cm³/mol. The molecule has 0 heterocycles. The summed E-state index contributed by atoms with van der Waals surface area (Å²) < 4.78 is 16.9. The van der Waals surface area contributed by atoms with Gasteiger partial charge in [-0.3, -0.25) is 5.41 Å². The van der Waals surface area contributed by atoms with E-state index in [1.54, 1.807) is 12.1 Å². The number of nitrogens with one attached hydrogen (secondary N) is 1. The van der Waals surface area contributed by atoms with E-state index in [0.29, 0.717) is 12.2 Å². The molecule has 86 valence electrons. The van der Waals surface area contributed by atoms with Gasteiger partial charge in [0.05, 0.1) is 5.84 Å². The summed E-state index contributed by atoms with van der Waals surface area (Å²) in [5, 5.41) is 7.04. The third-order valence-corrected chi connectivity index (χ3v) is 1.87. The number of benzene rings is 1. The fraction of sp³-hybridized carbons (Fsp3) is 0.250. The number of hydrogen-bond donors (Lipinski definition) is 2. The topological polar surface area (TPSA) is 59.1 Å². The first-order valence-electron chi connectivity index (χ1n) is 5.00. The third kappa shape index (κ3) is 4.59. The van der Waals surface area contributed by atoms with Gasteiger partial charge in [-0.1, -0.05) is 24.3 Å². The van der Waals surface area contributed by atoms with E-state index in [4.69, 9.17) is 15.9 Å². The molecule has 16 heavy (non-hydrogen) atoms. The molecule has 1 aromatic carbocycles. The molecule has 0 aliphatic rings. The second-order valence-electron chi connectivity index (χ2n) is 3.24. The zero-order valence-electron chi connectivity index (χ0n) is 8.95. The van der Waals surface area contributed by atoms with Crippen LogP contribution < -0.4 is 10.5 Å². The van der Waals surface area contributed by atoms with Crippen molar-refractivity contribution >= 4 is 11.9 Å². The van der Waals surface area contributed by atoms with Crippen LogP contribution in [0.5, 0.6) is 5.75 Å². The van der Waals surface area contributed by atoms with Gasteiger partial charge in [0.15, 0.2) is 0 Å². The number of ether oxygens (including phenoxy) is 1. The van der Waals surface area contributed by atoms with Crippen LogP contribution in [-0.2, 0) is 0 Å². The first kappa shape index (κ1) is 12.2. The van der Waals surface area contributed by atoms with Gasteiger partial charge in [0.25, 0.3) is 0 Å². The van der Waals surface area contributed by atoms with Gasteiger partial charge in [0, 0.05) is 6.42 Å². The largest absolute Gasteiger partial charge is 0.491 e. The van der Waals surface area contributed by atoms with E-state index in [0.717, 1.165) is 5.56 Å². The molecule has 0 spiro atoms. The Morgan fingerprint density at radius 3 is 2.62 bits per heavy atom. The average Bonchev–Trinajstić information content (AvgIpc) is 2.27. The fourth-order valence-electron chi connectivity index (χ4n) is 1.15. The number of amidine groups is 1. The van der Waals surface area contributed by atoms with E-state index in [-0.39, 0.29) is 12.4 Å². The van der Waals surface area contributed by atoms with Crippen LogP contribution in [0.2, 0.25) is 0 Å². The van der Waals surface area contributed by atoms with E-state index >= 15 is 0 Å². The summed E-state index contributed by atoms with van der Waals surface area (Å²) in [5.74, 6) is 0.792. The maximum absolute atomic E-state index is 11.8. The summed E-state index contributed by atoms with van der Waals surface area (Å²) in [6.45, 7) is -0.403. The van der Waals surface area contributed by atoms with Crippen molar-refractivity contribution in [2.75, 3.05) is 13.3 Å². The monoisotopic (exact) mass is 222 g/mol. The van der Waals surface area contributed by atoms with E-state index in [1.165, 1.54) is 0 Å². The highest BCUT2D eigenvalue weighted by Crippen LogP contribution is 2.13. The van der Waals surface area contributed by atoms with Crippen LogP contribution in [0.15, 0.2) is 30.3 Å². The van der Waals surface area contributed by atoms with Gasteiger partial charge in [-0.15, -0.1) is 0 Å². The molecular weight excluding hydrogens is 207 g/mol. The Hall–Kier alpha value is -1.84. The molecule has 1 rings (SSSR count). The zero-order valence-corrected chi connectivity index (χ0v) is 8.95. The van der Waals surface area contributed by atoms with Crippen molar-refractivity contribution in [3.8, 4) is 5.75 Å². The molecule has 0 saturated carbocycles. The minimum atomic E-state index is -0.486. The minimum absolute atomic E-state index is 0.0829. The Morgan fingerprint density at radius 2 is 2.06 bits per heavy atom. The van der Waals surface area contributed by atoms with Gasteiger partial charge >= 0.3 is 0 Å². The van der Waals surface area contributed by atoms with Gasteiger partial charge in [0.1, 0.15) is 19.0 Å². The molecule has 0 bridgehead atoms. The Kier molecular flexibility index (Phi) is 5.05. The zero-order chi connectivity index (χ0) is 11.8. The molecule has 0 aliphatic heterocycles. The van der Waals surface area contributed by atoms with Crippen LogP contribution in [0.1, 0.15) is 12.0 Å². The SMILES string of the molecule is N=C(N)C/C=C/c1ccc(OCCF)cc1. The predicted octanol–water partition coefficient (Wildman–Crippen LogP) is 2.37. The summed E-state index contributed by atoms with van der Waals surface area (Å²) in [5.41, 5.74) is 6.21. The lowest BCUT2D eigenvalue weighted by atomic mass is 10.2. The van der Waals surface area contributed by atoms with Gasteiger partial charge in [-0.2, -0.15) is 0 Å². The van der Waals surface area contributed by atoms with Crippen molar-refractivity contribution in [1.82, 2.24) is 0 Å². The summed E-state index contributed by atoms with van der Waals surface area (Å²) >= 11 is 0. The maximum Gasteiger partial charge on any atom is 0.123 e. The van der Waals surface area contributed by atoms with E-state index < -0.39 is 6.67 Å². The lowest BCUT2D eigenvalue weighted by Gasteiger charge is -2.03. The van der Waals surface area contributed by atoms with Crippen molar-refractivity contribution in [2.24, 2.45) is 5.73 Å². The van der Waals surface area contributed by atoms with Crippen LogP contribution in [0.4, 0.5) is 4.39 Å². The second kappa shape index (κ2) is 6.61. The van der Waals surface area contributed by atoms with E-state index in [2.05, 4.69) is 0 Å². The Bertz CT molecular complexity index is 360. The van der Waals surface area contributed by atoms with Crippen LogP contribution >= 0.6 is 0 Å². The lowest BCUT2D eigenvalue weighted by Crippen LogP contribution is -2.06. The molecule has 0 aromatic heterocycles. The highest BCUT2D eigenvalue weighted by molar-refractivity contribution is 5.79. The fourth-order valence-corrected chi connectivity index (χ4v) is 1.15. The first-order valence-corrected chi connectivity index (χ1v) is 5.00. The Labute approximate surface area is 94.2 Å². The molecule has 0 amide bonds. The lowest BCUT2D eigenvalue weighted by molar-refractivity contribution is 0.273. The molecule has 0 atom stereocenters. The molecule has 1 aromatic rings. The third-order valence-electron chi connectivity index (χ3n) is 1.87. The summed E-state index contributed by atoms with van der Waals surface area (Å²) in [6.07, 6.45) is 4.14. The number of alkyl halides is 1. The van der Waals surface area contributed by atoms with Gasteiger partial charge in [0.2, 0.25) is 0 Å². The molecule has 0 fully saturated rings. The van der Waals surface area contributed by atoms with Crippen molar-refractivity contribution in [3.05, 3.63) is 35.9 Å². The molecule has 0 unspecified atom stereocenters. The maximum atomic E-state index is 11.8. The van der Waals surface area contributed by atoms with Crippen LogP contribution in [0.3, 0.4) is 0 Å². The highest BCUT2D eigenvalue weighted by atomic mass is 19.1. The average molecular weight is 222 g/mol. The molecular formula is C12H15FN2O. The highest BCUT2D eigenvalue weighted by Gasteiger charge is 1.93. The van der Waals surface area contributed by atoms with Crippen molar-refractivity contribution in [2.45, 2.75) is 6.42 Å². The number of nitrogens with two attached hydrogens (primary N) is 1. The number of rotatable bonds is 6. The molecule has 4 heteroatoms. The summed E-state index contributed by atoms with van der Waals surface area (Å²) in [6, 6.07) is 7.29. The Balaban J connectivity index is 2.50. The van der Waals surface area contributed by atoms with Crippen LogP contribution in [0, 0.1) is 5.41 Å².